The van der Waals surface area contributed by atoms with Crippen molar-refractivity contribution in [2.75, 3.05) is 0 Å². The van der Waals surface area contributed by atoms with Gasteiger partial charge < -0.3 is 5.11 Å². The zero-order chi connectivity index (χ0) is 13.6. The fraction of sp³-hybridized carbons (Fsp3) is 0. The summed E-state index contributed by atoms with van der Waals surface area (Å²) in [4.78, 5) is 16.1. The second kappa shape index (κ2) is 4.52. The minimum atomic E-state index is -0.957. The minimum absolute atomic E-state index is 0.247. The number of benzene rings is 1. The van der Waals surface area contributed by atoms with E-state index < -0.39 is 5.97 Å². The molecule has 0 saturated carbocycles. The summed E-state index contributed by atoms with van der Waals surface area (Å²) >= 11 is 13.1. The van der Waals surface area contributed by atoms with Gasteiger partial charge in [-0.15, -0.1) is 0 Å². The SMILES string of the molecule is O=C(O)c1cn2cc(-c3ccc(Cl)cc3Cl)nc2s1. The number of halogens is 2. The number of nitrogens with zero attached hydrogens (tertiary/aromatic N) is 2. The molecule has 0 amide bonds. The number of hydrogen-bond acceptors (Lipinski definition) is 3. The van der Waals surface area contributed by atoms with Gasteiger partial charge in [0.2, 0.25) is 0 Å². The maximum absolute atomic E-state index is 10.8. The van der Waals surface area contributed by atoms with E-state index in [-0.39, 0.29) is 4.88 Å². The average Bonchev–Trinajstić information content (AvgIpc) is 2.86. The summed E-state index contributed by atoms with van der Waals surface area (Å²) in [6.07, 6.45) is 3.27. The molecule has 3 rings (SSSR count). The van der Waals surface area contributed by atoms with E-state index in [1.54, 1.807) is 28.8 Å². The molecular formula is C12H6Cl2N2O2S. The molecule has 2 aromatic heterocycles. The van der Waals surface area contributed by atoms with Crippen molar-refractivity contribution in [3.63, 3.8) is 0 Å². The second-order valence-corrected chi connectivity index (χ2v) is 5.69. The fourth-order valence-corrected chi connectivity index (χ4v) is 3.03. The quantitative estimate of drug-likeness (QED) is 0.776. The van der Waals surface area contributed by atoms with Crippen molar-refractivity contribution in [1.82, 2.24) is 9.38 Å². The highest BCUT2D eigenvalue weighted by Crippen LogP contribution is 2.31. The molecule has 0 aliphatic heterocycles. The number of carboxylic acid groups (broad SMARTS) is 1. The third-order valence-electron chi connectivity index (χ3n) is 2.57. The molecule has 96 valence electrons. The van der Waals surface area contributed by atoms with Crippen LogP contribution < -0.4 is 0 Å². The van der Waals surface area contributed by atoms with E-state index in [2.05, 4.69) is 4.98 Å². The number of thiazole rings is 1. The van der Waals surface area contributed by atoms with Crippen LogP contribution in [0.15, 0.2) is 30.6 Å². The molecule has 0 aliphatic rings. The topological polar surface area (TPSA) is 54.6 Å². The van der Waals surface area contributed by atoms with Gasteiger partial charge in [-0.05, 0) is 18.2 Å². The molecule has 7 heteroatoms. The first kappa shape index (κ1) is 12.5. The summed E-state index contributed by atoms with van der Waals surface area (Å²) in [6.45, 7) is 0. The van der Waals surface area contributed by atoms with Crippen LogP contribution in [0.2, 0.25) is 10.0 Å². The summed E-state index contributed by atoms with van der Waals surface area (Å²) in [5.74, 6) is -0.957. The van der Waals surface area contributed by atoms with Gasteiger partial charge in [-0.3, -0.25) is 4.40 Å². The lowest BCUT2D eigenvalue weighted by atomic mass is 10.2. The Hall–Kier alpha value is -1.56. The molecule has 1 aromatic carbocycles. The average molecular weight is 313 g/mol. The minimum Gasteiger partial charge on any atom is -0.477 e. The van der Waals surface area contributed by atoms with E-state index in [1.165, 1.54) is 6.20 Å². The van der Waals surface area contributed by atoms with Gasteiger partial charge in [-0.25, -0.2) is 9.78 Å². The number of carboxylic acids is 1. The van der Waals surface area contributed by atoms with Crippen LogP contribution in [0.4, 0.5) is 0 Å². The normalized spacial score (nSPS) is 11.1. The number of imidazole rings is 1. The van der Waals surface area contributed by atoms with Gasteiger partial charge >= 0.3 is 5.97 Å². The molecule has 2 heterocycles. The molecule has 1 N–H and O–H groups in total. The Bertz CT molecular complexity index is 763. The zero-order valence-corrected chi connectivity index (χ0v) is 11.6. The van der Waals surface area contributed by atoms with Crippen LogP contribution in [0, 0.1) is 0 Å². The standard InChI is InChI=1S/C12H6Cl2N2O2S/c13-6-1-2-7(8(14)3-6)9-4-16-5-10(11(17)18)19-12(16)15-9/h1-5H,(H,17,18). The van der Waals surface area contributed by atoms with E-state index in [0.29, 0.717) is 20.7 Å². The maximum Gasteiger partial charge on any atom is 0.347 e. The molecule has 0 aliphatic carbocycles. The van der Waals surface area contributed by atoms with Crippen molar-refractivity contribution in [2.24, 2.45) is 0 Å². The van der Waals surface area contributed by atoms with Crippen molar-refractivity contribution in [2.45, 2.75) is 0 Å². The lowest BCUT2D eigenvalue weighted by Crippen LogP contribution is -1.90. The Morgan fingerprint density at radius 3 is 2.74 bits per heavy atom. The van der Waals surface area contributed by atoms with Gasteiger partial charge in [0, 0.05) is 23.0 Å². The van der Waals surface area contributed by atoms with Crippen LogP contribution in [0.3, 0.4) is 0 Å². The van der Waals surface area contributed by atoms with Gasteiger partial charge in [0.1, 0.15) is 4.88 Å². The molecule has 4 nitrogen and oxygen atoms in total. The second-order valence-electron chi connectivity index (χ2n) is 3.84. The zero-order valence-electron chi connectivity index (χ0n) is 9.30. The molecule has 0 bridgehead atoms. The van der Waals surface area contributed by atoms with Gasteiger partial charge in [-0.2, -0.15) is 0 Å². The summed E-state index contributed by atoms with van der Waals surface area (Å²) in [6, 6.07) is 5.17. The van der Waals surface area contributed by atoms with E-state index in [4.69, 9.17) is 28.3 Å². The number of aromatic carboxylic acids is 1. The van der Waals surface area contributed by atoms with Crippen molar-refractivity contribution in [1.29, 1.82) is 0 Å². The highest BCUT2D eigenvalue weighted by molar-refractivity contribution is 7.18. The van der Waals surface area contributed by atoms with Gasteiger partial charge in [-0.1, -0.05) is 34.5 Å². The van der Waals surface area contributed by atoms with Gasteiger partial charge in [0.15, 0.2) is 4.96 Å². The molecule has 0 atom stereocenters. The maximum atomic E-state index is 10.8. The van der Waals surface area contributed by atoms with Crippen LogP contribution in [0.5, 0.6) is 0 Å². The highest BCUT2D eigenvalue weighted by Gasteiger charge is 2.13. The first-order valence-corrected chi connectivity index (χ1v) is 6.79. The number of fused-ring (bicyclic) bond motifs is 1. The third kappa shape index (κ3) is 2.20. The predicted octanol–water partition coefficient (Wildman–Crippen LogP) is 4.07. The van der Waals surface area contributed by atoms with Crippen LogP contribution in [-0.4, -0.2) is 20.5 Å². The summed E-state index contributed by atoms with van der Waals surface area (Å²) in [5, 5.41) is 9.97. The Kier molecular flexibility index (Phi) is 2.97. The molecule has 0 spiro atoms. The summed E-state index contributed by atoms with van der Waals surface area (Å²) < 4.78 is 1.67. The Balaban J connectivity index is 2.10. The largest absolute Gasteiger partial charge is 0.477 e. The van der Waals surface area contributed by atoms with Crippen LogP contribution in [-0.2, 0) is 0 Å². The van der Waals surface area contributed by atoms with E-state index in [9.17, 15) is 4.79 Å². The third-order valence-corrected chi connectivity index (χ3v) is 4.11. The lowest BCUT2D eigenvalue weighted by molar-refractivity contribution is 0.0702. The molecule has 3 aromatic rings. The predicted molar refractivity (Wildman–Crippen MR) is 75.5 cm³/mol. The molecule has 0 fully saturated rings. The number of hydrogen-bond donors (Lipinski definition) is 1. The highest BCUT2D eigenvalue weighted by atomic mass is 35.5. The molecular weight excluding hydrogens is 307 g/mol. The Morgan fingerprint density at radius 2 is 2.11 bits per heavy atom. The van der Waals surface area contributed by atoms with Gasteiger partial charge in [0.25, 0.3) is 0 Å². The Morgan fingerprint density at radius 1 is 1.32 bits per heavy atom. The van der Waals surface area contributed by atoms with Gasteiger partial charge in [0.05, 0.1) is 10.7 Å². The van der Waals surface area contributed by atoms with Crippen LogP contribution in [0.1, 0.15) is 9.67 Å². The fourth-order valence-electron chi connectivity index (χ4n) is 1.72. The molecule has 19 heavy (non-hydrogen) atoms. The van der Waals surface area contributed by atoms with Crippen molar-refractivity contribution < 1.29 is 9.90 Å². The summed E-state index contributed by atoms with van der Waals surface area (Å²) in [5.41, 5.74) is 1.45. The van der Waals surface area contributed by atoms with E-state index in [0.717, 1.165) is 16.9 Å². The summed E-state index contributed by atoms with van der Waals surface area (Å²) in [7, 11) is 0. The van der Waals surface area contributed by atoms with E-state index >= 15 is 0 Å². The van der Waals surface area contributed by atoms with Crippen LogP contribution >= 0.6 is 34.5 Å². The number of carbonyl (C=O) groups is 1. The number of rotatable bonds is 2. The molecule has 0 unspecified atom stereocenters. The van der Waals surface area contributed by atoms with Crippen LogP contribution in [0.25, 0.3) is 16.2 Å². The van der Waals surface area contributed by atoms with E-state index in [1.807, 2.05) is 0 Å². The molecule has 0 radical (unpaired) electrons. The van der Waals surface area contributed by atoms with Crippen molar-refractivity contribution in [3.8, 4) is 11.3 Å². The molecule has 0 saturated heterocycles. The smallest absolute Gasteiger partial charge is 0.347 e. The monoisotopic (exact) mass is 312 g/mol. The van der Waals surface area contributed by atoms with Crippen molar-refractivity contribution >= 4 is 45.5 Å². The first-order chi connectivity index (χ1) is 9.04. The Labute approximate surface area is 121 Å². The number of aromatic nitrogens is 2. The van der Waals surface area contributed by atoms with Crippen molar-refractivity contribution in [3.05, 3.63) is 45.5 Å². The first-order valence-electron chi connectivity index (χ1n) is 5.22. The lowest BCUT2D eigenvalue weighted by Gasteiger charge is -2.00.